The van der Waals surface area contributed by atoms with E-state index in [0.717, 1.165) is 12.0 Å². The van der Waals surface area contributed by atoms with Gasteiger partial charge in [-0.1, -0.05) is 37.3 Å². The highest BCUT2D eigenvalue weighted by Gasteiger charge is 2.30. The van der Waals surface area contributed by atoms with Crippen LogP contribution in [0.4, 0.5) is 0 Å². The Morgan fingerprint density at radius 1 is 1.23 bits per heavy atom. The second-order valence-corrected chi connectivity index (χ2v) is 6.68. The first kappa shape index (κ1) is 18.2. The topological polar surface area (TPSA) is 58.4 Å². The predicted octanol–water partition coefficient (Wildman–Crippen LogP) is 2.31. The summed E-state index contributed by atoms with van der Waals surface area (Å²) >= 11 is 0. The Morgan fingerprint density at radius 2 is 2.04 bits per heavy atom. The Morgan fingerprint density at radius 3 is 2.73 bits per heavy atom. The van der Waals surface area contributed by atoms with Gasteiger partial charge in [-0.3, -0.25) is 14.3 Å². The van der Waals surface area contributed by atoms with Gasteiger partial charge in [0.2, 0.25) is 11.8 Å². The minimum Gasteiger partial charge on any atom is -0.340 e. The normalized spacial score (nSPS) is 18.0. The quantitative estimate of drug-likeness (QED) is 0.800. The van der Waals surface area contributed by atoms with Crippen molar-refractivity contribution in [1.29, 1.82) is 0 Å². The third kappa shape index (κ3) is 4.50. The van der Waals surface area contributed by atoms with Crippen LogP contribution >= 0.6 is 0 Å². The Hall–Kier alpha value is -2.63. The van der Waals surface area contributed by atoms with Crippen LogP contribution in [0.25, 0.3) is 0 Å². The maximum atomic E-state index is 12.7. The molecule has 1 aliphatic rings. The molecule has 2 amide bonds. The summed E-state index contributed by atoms with van der Waals surface area (Å²) in [5, 5.41) is 4.14. The Balaban J connectivity index is 1.64. The fourth-order valence-corrected chi connectivity index (χ4v) is 3.40. The molecule has 0 unspecified atom stereocenters. The lowest BCUT2D eigenvalue weighted by molar-refractivity contribution is -0.133. The van der Waals surface area contributed by atoms with Crippen molar-refractivity contribution in [3.8, 4) is 0 Å². The van der Waals surface area contributed by atoms with Gasteiger partial charge in [-0.15, -0.1) is 0 Å². The predicted molar refractivity (Wildman–Crippen MR) is 99.1 cm³/mol. The van der Waals surface area contributed by atoms with Crippen molar-refractivity contribution < 1.29 is 9.59 Å². The molecule has 1 fully saturated rings. The van der Waals surface area contributed by atoms with E-state index in [0.29, 0.717) is 39.0 Å². The smallest absolute Gasteiger partial charge is 0.224 e. The van der Waals surface area contributed by atoms with Gasteiger partial charge in [-0.25, -0.2) is 0 Å². The highest BCUT2D eigenvalue weighted by atomic mass is 16.2. The van der Waals surface area contributed by atoms with E-state index in [2.05, 4.69) is 12.0 Å². The number of hydrogen-bond acceptors (Lipinski definition) is 3. The second-order valence-electron chi connectivity index (χ2n) is 6.68. The second kappa shape index (κ2) is 8.65. The summed E-state index contributed by atoms with van der Waals surface area (Å²) in [7, 11) is 0. The Labute approximate surface area is 154 Å². The van der Waals surface area contributed by atoms with E-state index < -0.39 is 0 Å². The van der Waals surface area contributed by atoms with Crippen LogP contribution in [0.2, 0.25) is 0 Å². The van der Waals surface area contributed by atoms with Gasteiger partial charge < -0.3 is 9.80 Å². The lowest BCUT2D eigenvalue weighted by Crippen LogP contribution is -2.43. The largest absolute Gasteiger partial charge is 0.340 e. The molecule has 138 valence electrons. The number of carbonyl (C=O) groups excluding carboxylic acids is 2. The van der Waals surface area contributed by atoms with Gasteiger partial charge in [0, 0.05) is 57.5 Å². The lowest BCUT2D eigenvalue weighted by Gasteiger charge is -2.31. The molecule has 0 saturated carbocycles. The van der Waals surface area contributed by atoms with Crippen LogP contribution < -0.4 is 0 Å². The molecule has 0 aliphatic carbocycles. The van der Waals surface area contributed by atoms with Crippen LogP contribution in [0, 0.1) is 0 Å². The molecular weight excluding hydrogens is 328 g/mol. The van der Waals surface area contributed by atoms with Crippen molar-refractivity contribution in [2.75, 3.05) is 13.1 Å². The third-order valence-corrected chi connectivity index (χ3v) is 4.92. The van der Waals surface area contributed by atoms with Crippen LogP contribution in [-0.2, 0) is 22.7 Å². The third-order valence-electron chi connectivity index (χ3n) is 4.92. The zero-order valence-electron chi connectivity index (χ0n) is 15.3. The first-order chi connectivity index (χ1) is 12.7. The van der Waals surface area contributed by atoms with E-state index in [4.69, 9.17) is 0 Å². The maximum Gasteiger partial charge on any atom is 0.224 e. The number of benzene rings is 1. The zero-order valence-corrected chi connectivity index (χ0v) is 15.3. The summed E-state index contributed by atoms with van der Waals surface area (Å²) in [6.45, 7) is 4.35. The van der Waals surface area contributed by atoms with Crippen molar-refractivity contribution in [1.82, 2.24) is 19.6 Å². The van der Waals surface area contributed by atoms with E-state index in [9.17, 15) is 9.59 Å². The fraction of sp³-hybridized carbons (Fsp3) is 0.450. The Kier molecular flexibility index (Phi) is 6.04. The molecule has 1 aliphatic heterocycles. The highest BCUT2D eigenvalue weighted by molar-refractivity contribution is 5.80. The molecule has 0 bridgehead atoms. The number of carbonyl (C=O) groups is 2. The SMILES string of the molecule is CC[C@@H]1CN(C(=O)CCn2cccn2)CCC(=O)N1Cc1ccccc1. The number of nitrogens with zero attached hydrogens (tertiary/aromatic N) is 4. The van der Waals surface area contributed by atoms with Gasteiger partial charge in [0.25, 0.3) is 0 Å². The molecule has 6 nitrogen and oxygen atoms in total. The van der Waals surface area contributed by atoms with Crippen molar-refractivity contribution in [2.45, 2.75) is 45.3 Å². The number of aromatic nitrogens is 2. The molecule has 1 saturated heterocycles. The molecule has 3 rings (SSSR count). The molecule has 6 heteroatoms. The Bertz CT molecular complexity index is 715. The molecule has 2 heterocycles. The molecule has 1 atom stereocenters. The van der Waals surface area contributed by atoms with Crippen LogP contribution in [0.3, 0.4) is 0 Å². The van der Waals surface area contributed by atoms with Gasteiger partial charge in [0.15, 0.2) is 0 Å². The summed E-state index contributed by atoms with van der Waals surface area (Å²) in [5.41, 5.74) is 1.12. The molecule has 0 spiro atoms. The number of rotatable bonds is 6. The van der Waals surface area contributed by atoms with Gasteiger partial charge in [0.05, 0.1) is 0 Å². The van der Waals surface area contributed by atoms with Crippen molar-refractivity contribution in [3.63, 3.8) is 0 Å². The van der Waals surface area contributed by atoms with Crippen molar-refractivity contribution in [2.24, 2.45) is 0 Å². The van der Waals surface area contributed by atoms with Crippen LogP contribution in [-0.4, -0.2) is 50.5 Å². The van der Waals surface area contributed by atoms with E-state index in [1.807, 2.05) is 52.4 Å². The lowest BCUT2D eigenvalue weighted by atomic mass is 10.1. The average molecular weight is 354 g/mol. The maximum absolute atomic E-state index is 12.7. The van der Waals surface area contributed by atoms with E-state index >= 15 is 0 Å². The average Bonchev–Trinajstić information content (AvgIpc) is 3.13. The number of amides is 2. The first-order valence-corrected chi connectivity index (χ1v) is 9.26. The minimum absolute atomic E-state index is 0.0545. The van der Waals surface area contributed by atoms with E-state index in [1.165, 1.54) is 0 Å². The van der Waals surface area contributed by atoms with Gasteiger partial charge >= 0.3 is 0 Å². The van der Waals surface area contributed by atoms with Gasteiger partial charge in [-0.05, 0) is 18.1 Å². The number of aryl methyl sites for hydroxylation is 1. The molecule has 0 N–H and O–H groups in total. The van der Waals surface area contributed by atoms with Crippen LogP contribution in [0.1, 0.15) is 31.7 Å². The van der Waals surface area contributed by atoms with E-state index in [1.54, 1.807) is 10.9 Å². The summed E-state index contributed by atoms with van der Waals surface area (Å²) < 4.78 is 1.76. The minimum atomic E-state index is 0.0545. The molecule has 0 radical (unpaired) electrons. The van der Waals surface area contributed by atoms with Crippen molar-refractivity contribution >= 4 is 11.8 Å². The van der Waals surface area contributed by atoms with Gasteiger partial charge in [-0.2, -0.15) is 5.10 Å². The van der Waals surface area contributed by atoms with Crippen LogP contribution in [0.15, 0.2) is 48.8 Å². The van der Waals surface area contributed by atoms with Crippen LogP contribution in [0.5, 0.6) is 0 Å². The summed E-state index contributed by atoms with van der Waals surface area (Å²) in [4.78, 5) is 29.1. The monoisotopic (exact) mass is 354 g/mol. The fourth-order valence-electron chi connectivity index (χ4n) is 3.40. The van der Waals surface area contributed by atoms with Crippen molar-refractivity contribution in [3.05, 3.63) is 54.4 Å². The van der Waals surface area contributed by atoms with Gasteiger partial charge in [0.1, 0.15) is 0 Å². The molecule has 26 heavy (non-hydrogen) atoms. The number of hydrogen-bond donors (Lipinski definition) is 0. The summed E-state index contributed by atoms with van der Waals surface area (Å²) in [5.74, 6) is 0.219. The zero-order chi connectivity index (χ0) is 18.4. The summed E-state index contributed by atoms with van der Waals surface area (Å²) in [6.07, 6.45) is 5.20. The molecule has 2 aromatic rings. The molecule has 1 aromatic carbocycles. The van der Waals surface area contributed by atoms with E-state index in [-0.39, 0.29) is 17.9 Å². The molecule has 1 aromatic heterocycles. The summed E-state index contributed by atoms with van der Waals surface area (Å²) in [6, 6.07) is 11.9. The first-order valence-electron chi connectivity index (χ1n) is 9.26. The molecular formula is C20H26N4O2. The standard InChI is InChI=1S/C20H26N4O2/c1-2-18-16-22(19(25)10-14-23-12-6-11-21-23)13-9-20(26)24(18)15-17-7-4-3-5-8-17/h3-8,11-12,18H,2,9-10,13-16H2,1H3/t18-/m1/s1. The highest BCUT2D eigenvalue weighted by Crippen LogP contribution is 2.18.